The highest BCUT2D eigenvalue weighted by Gasteiger charge is 2.36. The summed E-state index contributed by atoms with van der Waals surface area (Å²) in [6.07, 6.45) is 1.53. The third-order valence-electron chi connectivity index (χ3n) is 5.09. The molecule has 0 N–H and O–H groups in total. The first-order valence-corrected chi connectivity index (χ1v) is 11.5. The zero-order valence-electron chi connectivity index (χ0n) is 18.6. The molecule has 0 aromatic heterocycles. The molecule has 1 aliphatic heterocycles. The Balaban J connectivity index is 1.66. The van der Waals surface area contributed by atoms with Crippen LogP contribution in [0.4, 0.5) is 0 Å². The maximum absolute atomic E-state index is 12.5. The van der Waals surface area contributed by atoms with Crippen LogP contribution in [-0.2, 0) is 28.6 Å². The largest absolute Gasteiger partial charge is 0.465 e. The predicted molar refractivity (Wildman–Crippen MR) is 122 cm³/mol. The SMILES string of the molecule is CC(C)(CCC(C)(C)C(=O)OCC1CO1)C(=O)OCCCC(=O)Oc1ccc(I)cc1. The lowest BCUT2D eigenvalue weighted by Crippen LogP contribution is -2.33. The molecule has 2 rings (SSSR count). The van der Waals surface area contributed by atoms with Crippen molar-refractivity contribution in [1.82, 2.24) is 0 Å². The number of ether oxygens (including phenoxy) is 4. The van der Waals surface area contributed by atoms with Crippen LogP contribution in [0.1, 0.15) is 53.4 Å². The summed E-state index contributed by atoms with van der Waals surface area (Å²) in [6, 6.07) is 7.18. The molecule has 8 heteroatoms. The maximum atomic E-state index is 12.5. The Labute approximate surface area is 197 Å². The third kappa shape index (κ3) is 9.14. The standard InChI is InChI=1S/C23H31IO7/c1-22(2,11-12-23(3,4)21(27)30-15-18-14-29-18)20(26)28-13-5-6-19(25)31-17-9-7-16(24)8-10-17/h7-10,18H,5-6,11-15H2,1-4H3. The van der Waals surface area contributed by atoms with Crippen LogP contribution >= 0.6 is 22.6 Å². The summed E-state index contributed by atoms with van der Waals surface area (Å²) in [5, 5.41) is 0. The molecule has 0 spiro atoms. The van der Waals surface area contributed by atoms with Gasteiger partial charge in [-0.2, -0.15) is 0 Å². The van der Waals surface area contributed by atoms with Crippen molar-refractivity contribution in [3.8, 4) is 5.75 Å². The van der Waals surface area contributed by atoms with Gasteiger partial charge in [0.1, 0.15) is 18.5 Å². The van der Waals surface area contributed by atoms with Gasteiger partial charge in [0.2, 0.25) is 0 Å². The highest BCUT2D eigenvalue weighted by atomic mass is 127. The zero-order chi connectivity index (χ0) is 23.1. The molecule has 172 valence electrons. The van der Waals surface area contributed by atoms with Crippen LogP contribution in [-0.4, -0.2) is 43.8 Å². The second-order valence-corrected chi connectivity index (χ2v) is 10.2. The van der Waals surface area contributed by atoms with E-state index in [1.807, 2.05) is 26.0 Å². The fraction of sp³-hybridized carbons (Fsp3) is 0.609. The van der Waals surface area contributed by atoms with Gasteiger partial charge in [-0.05, 0) is 93.8 Å². The van der Waals surface area contributed by atoms with Crippen LogP contribution < -0.4 is 4.74 Å². The summed E-state index contributed by atoms with van der Waals surface area (Å²) < 4.78 is 22.0. The first kappa shape index (κ1) is 25.6. The Hall–Kier alpha value is -1.68. The Bertz CT molecular complexity index is 767. The predicted octanol–water partition coefficient (Wildman–Crippen LogP) is 4.29. The first-order valence-electron chi connectivity index (χ1n) is 10.4. The summed E-state index contributed by atoms with van der Waals surface area (Å²) >= 11 is 2.17. The van der Waals surface area contributed by atoms with Crippen LogP contribution in [0.25, 0.3) is 0 Å². The number of rotatable bonds is 12. The molecule has 1 aromatic carbocycles. The zero-order valence-corrected chi connectivity index (χ0v) is 20.7. The number of halogens is 1. The monoisotopic (exact) mass is 546 g/mol. The smallest absolute Gasteiger partial charge is 0.311 e. The molecule has 0 radical (unpaired) electrons. The van der Waals surface area contributed by atoms with Gasteiger partial charge in [-0.1, -0.05) is 0 Å². The molecular formula is C23H31IO7. The summed E-state index contributed by atoms with van der Waals surface area (Å²) in [5.41, 5.74) is -1.45. The van der Waals surface area contributed by atoms with Gasteiger partial charge in [0.25, 0.3) is 0 Å². The molecule has 7 nitrogen and oxygen atoms in total. The summed E-state index contributed by atoms with van der Waals surface area (Å²) in [6.45, 7) is 8.25. The highest BCUT2D eigenvalue weighted by molar-refractivity contribution is 14.1. The van der Waals surface area contributed by atoms with E-state index >= 15 is 0 Å². The van der Waals surface area contributed by atoms with Crippen LogP contribution in [0.2, 0.25) is 0 Å². The van der Waals surface area contributed by atoms with E-state index < -0.39 is 10.8 Å². The van der Waals surface area contributed by atoms with Crippen LogP contribution in [0.15, 0.2) is 24.3 Å². The number of epoxide rings is 1. The van der Waals surface area contributed by atoms with E-state index in [9.17, 15) is 14.4 Å². The lowest BCUT2D eigenvalue weighted by Gasteiger charge is -2.28. The van der Waals surface area contributed by atoms with E-state index in [-0.39, 0.29) is 43.6 Å². The minimum atomic E-state index is -0.751. The van der Waals surface area contributed by atoms with Gasteiger partial charge in [0, 0.05) is 9.99 Å². The molecule has 1 aliphatic rings. The van der Waals surface area contributed by atoms with E-state index in [1.54, 1.807) is 26.0 Å². The quantitative estimate of drug-likeness (QED) is 0.127. The molecule has 1 saturated heterocycles. The molecule has 0 aliphatic carbocycles. The van der Waals surface area contributed by atoms with Gasteiger partial charge in [-0.3, -0.25) is 14.4 Å². The molecule has 1 fully saturated rings. The van der Waals surface area contributed by atoms with Gasteiger partial charge in [-0.15, -0.1) is 0 Å². The summed E-state index contributed by atoms with van der Waals surface area (Å²) in [4.78, 5) is 36.6. The molecule has 1 unspecified atom stereocenters. The lowest BCUT2D eigenvalue weighted by molar-refractivity contribution is -0.159. The van der Waals surface area contributed by atoms with Crippen molar-refractivity contribution in [2.45, 2.75) is 59.5 Å². The van der Waals surface area contributed by atoms with Crippen molar-refractivity contribution in [1.29, 1.82) is 0 Å². The molecule has 0 saturated carbocycles. The Morgan fingerprint density at radius 2 is 1.55 bits per heavy atom. The normalized spacial score (nSPS) is 15.8. The van der Waals surface area contributed by atoms with Gasteiger partial charge < -0.3 is 18.9 Å². The minimum absolute atomic E-state index is 0.0278. The Morgan fingerprint density at radius 3 is 2.10 bits per heavy atom. The first-order chi connectivity index (χ1) is 14.5. The van der Waals surface area contributed by atoms with E-state index in [0.717, 1.165) is 3.57 Å². The van der Waals surface area contributed by atoms with Crippen LogP contribution in [0, 0.1) is 14.4 Å². The molecule has 0 bridgehead atoms. The fourth-order valence-corrected chi connectivity index (χ4v) is 2.98. The van der Waals surface area contributed by atoms with Crippen molar-refractivity contribution >= 4 is 40.5 Å². The van der Waals surface area contributed by atoms with E-state index in [4.69, 9.17) is 18.9 Å². The molecule has 31 heavy (non-hydrogen) atoms. The highest BCUT2D eigenvalue weighted by Crippen LogP contribution is 2.33. The van der Waals surface area contributed by atoms with Crippen molar-refractivity contribution < 1.29 is 33.3 Å². The second-order valence-electron chi connectivity index (χ2n) is 8.99. The molecule has 1 heterocycles. The molecular weight excluding hydrogens is 515 g/mol. The van der Waals surface area contributed by atoms with E-state index in [1.165, 1.54) is 0 Å². The van der Waals surface area contributed by atoms with Gasteiger partial charge in [0.05, 0.1) is 24.0 Å². The Kier molecular flexibility index (Phi) is 9.29. The van der Waals surface area contributed by atoms with Crippen molar-refractivity contribution in [2.75, 3.05) is 19.8 Å². The molecule has 1 aromatic rings. The number of carbonyl (C=O) groups excluding carboxylic acids is 3. The van der Waals surface area contributed by atoms with Crippen molar-refractivity contribution in [3.05, 3.63) is 27.8 Å². The Morgan fingerprint density at radius 1 is 1.00 bits per heavy atom. The lowest BCUT2D eigenvalue weighted by atomic mass is 9.79. The summed E-state index contributed by atoms with van der Waals surface area (Å²) in [5.74, 6) is -0.518. The topological polar surface area (TPSA) is 91.4 Å². The summed E-state index contributed by atoms with van der Waals surface area (Å²) in [7, 11) is 0. The fourth-order valence-electron chi connectivity index (χ4n) is 2.62. The third-order valence-corrected chi connectivity index (χ3v) is 5.81. The number of hydrogen-bond acceptors (Lipinski definition) is 7. The number of esters is 3. The maximum Gasteiger partial charge on any atom is 0.311 e. The van der Waals surface area contributed by atoms with Gasteiger partial charge in [0.15, 0.2) is 0 Å². The second kappa shape index (κ2) is 11.3. The number of carbonyl (C=O) groups is 3. The average Bonchev–Trinajstić information content (AvgIpc) is 3.54. The van der Waals surface area contributed by atoms with Crippen LogP contribution in [0.3, 0.4) is 0 Å². The number of hydrogen-bond donors (Lipinski definition) is 0. The van der Waals surface area contributed by atoms with Crippen molar-refractivity contribution in [3.63, 3.8) is 0 Å². The van der Waals surface area contributed by atoms with E-state index in [0.29, 0.717) is 31.6 Å². The van der Waals surface area contributed by atoms with Gasteiger partial charge in [-0.25, -0.2) is 0 Å². The number of benzene rings is 1. The molecule has 1 atom stereocenters. The average molecular weight is 546 g/mol. The molecule has 0 amide bonds. The van der Waals surface area contributed by atoms with Gasteiger partial charge >= 0.3 is 17.9 Å². The van der Waals surface area contributed by atoms with Crippen molar-refractivity contribution in [2.24, 2.45) is 10.8 Å². The van der Waals surface area contributed by atoms with Crippen LogP contribution in [0.5, 0.6) is 5.75 Å². The van der Waals surface area contributed by atoms with E-state index in [2.05, 4.69) is 22.6 Å². The minimum Gasteiger partial charge on any atom is -0.465 e.